The molecule has 20 heavy (non-hydrogen) atoms. The van der Waals surface area contributed by atoms with Crippen LogP contribution in [0.2, 0.25) is 0 Å². The first-order valence-electron chi connectivity index (χ1n) is 7.49. The van der Waals surface area contributed by atoms with Gasteiger partial charge in [-0.15, -0.1) is 0 Å². The van der Waals surface area contributed by atoms with Gasteiger partial charge in [-0.1, -0.05) is 40.0 Å². The van der Waals surface area contributed by atoms with Gasteiger partial charge in [0.2, 0.25) is 0 Å². The highest BCUT2D eigenvalue weighted by molar-refractivity contribution is 5.73. The second-order valence-corrected chi connectivity index (χ2v) is 5.00. The molecule has 0 saturated carbocycles. The predicted octanol–water partition coefficient (Wildman–Crippen LogP) is 2.72. The maximum atomic E-state index is 11.3. The van der Waals surface area contributed by atoms with Gasteiger partial charge in [0.15, 0.2) is 0 Å². The molecule has 118 valence electrons. The van der Waals surface area contributed by atoms with Gasteiger partial charge < -0.3 is 14.2 Å². The van der Waals surface area contributed by atoms with E-state index in [0.29, 0.717) is 19.1 Å². The van der Waals surface area contributed by atoms with Crippen molar-refractivity contribution in [3.8, 4) is 0 Å². The van der Waals surface area contributed by atoms with Crippen molar-refractivity contribution in [1.29, 1.82) is 0 Å². The van der Waals surface area contributed by atoms with E-state index in [2.05, 4.69) is 13.8 Å². The highest BCUT2D eigenvalue weighted by Gasteiger charge is 2.09. The fourth-order valence-corrected chi connectivity index (χ4v) is 1.65. The molecule has 0 saturated heterocycles. The van der Waals surface area contributed by atoms with Gasteiger partial charge >= 0.3 is 11.9 Å². The molecule has 0 heterocycles. The Morgan fingerprint density at radius 2 is 1.60 bits per heavy atom. The van der Waals surface area contributed by atoms with Gasteiger partial charge in [0.1, 0.15) is 13.2 Å². The Balaban J connectivity index is 3.48. The maximum Gasteiger partial charge on any atom is 0.332 e. The molecule has 0 aliphatic rings. The number of hydrogen-bond acceptors (Lipinski definition) is 5. The molecular formula is C15H28O5. The molecule has 0 fully saturated rings. The van der Waals surface area contributed by atoms with Crippen molar-refractivity contribution in [1.82, 2.24) is 0 Å². The fourth-order valence-electron chi connectivity index (χ4n) is 1.65. The van der Waals surface area contributed by atoms with Gasteiger partial charge in [-0.3, -0.25) is 0 Å². The summed E-state index contributed by atoms with van der Waals surface area (Å²) >= 11 is 0. The number of carbonyl (C=O) groups is 2. The normalized spacial score (nSPS) is 11.9. The van der Waals surface area contributed by atoms with E-state index in [0.717, 1.165) is 32.1 Å². The minimum absolute atomic E-state index is 0.203. The van der Waals surface area contributed by atoms with Crippen LogP contribution < -0.4 is 0 Å². The quantitative estimate of drug-likeness (QED) is 0.408. The van der Waals surface area contributed by atoms with E-state index in [4.69, 9.17) is 14.2 Å². The fraction of sp³-hybridized carbons (Fsp3) is 0.867. The van der Waals surface area contributed by atoms with Crippen LogP contribution in [0, 0.1) is 5.92 Å². The van der Waals surface area contributed by atoms with Gasteiger partial charge in [0.05, 0.1) is 13.2 Å². The van der Waals surface area contributed by atoms with Crippen molar-refractivity contribution in [2.75, 3.05) is 26.4 Å². The molecule has 0 aliphatic carbocycles. The van der Waals surface area contributed by atoms with E-state index >= 15 is 0 Å². The first-order chi connectivity index (χ1) is 9.60. The molecule has 5 heteroatoms. The van der Waals surface area contributed by atoms with Crippen molar-refractivity contribution >= 4 is 11.9 Å². The Morgan fingerprint density at radius 1 is 0.950 bits per heavy atom. The van der Waals surface area contributed by atoms with Gasteiger partial charge in [-0.2, -0.15) is 0 Å². The van der Waals surface area contributed by atoms with Gasteiger partial charge in [0.25, 0.3) is 0 Å². The monoisotopic (exact) mass is 288 g/mol. The molecule has 0 N–H and O–H groups in total. The van der Waals surface area contributed by atoms with Crippen molar-refractivity contribution < 1.29 is 23.8 Å². The summed E-state index contributed by atoms with van der Waals surface area (Å²) in [7, 11) is 0. The highest BCUT2D eigenvalue weighted by atomic mass is 16.6. The lowest BCUT2D eigenvalue weighted by atomic mass is 10.1. The van der Waals surface area contributed by atoms with Crippen LogP contribution >= 0.6 is 0 Å². The molecule has 0 aromatic heterocycles. The number of rotatable bonds is 12. The number of esters is 2. The number of hydrogen-bond donors (Lipinski definition) is 0. The van der Waals surface area contributed by atoms with Crippen LogP contribution in [0.15, 0.2) is 0 Å². The topological polar surface area (TPSA) is 61.8 Å². The number of ether oxygens (including phenoxy) is 3. The summed E-state index contributed by atoms with van der Waals surface area (Å²) in [5.41, 5.74) is 0. The van der Waals surface area contributed by atoms with Crippen LogP contribution in [-0.2, 0) is 23.8 Å². The smallest absolute Gasteiger partial charge is 0.332 e. The van der Waals surface area contributed by atoms with E-state index in [-0.39, 0.29) is 13.2 Å². The average Bonchev–Trinajstić information content (AvgIpc) is 2.42. The van der Waals surface area contributed by atoms with E-state index in [1.165, 1.54) is 0 Å². The largest absolute Gasteiger partial charge is 0.464 e. The van der Waals surface area contributed by atoms with Crippen LogP contribution in [0.1, 0.15) is 52.9 Å². The van der Waals surface area contributed by atoms with Crippen molar-refractivity contribution in [2.24, 2.45) is 5.92 Å². The minimum Gasteiger partial charge on any atom is -0.464 e. The van der Waals surface area contributed by atoms with E-state index in [1.54, 1.807) is 0 Å². The second kappa shape index (κ2) is 12.9. The van der Waals surface area contributed by atoms with Crippen molar-refractivity contribution in [3.05, 3.63) is 0 Å². The van der Waals surface area contributed by atoms with Crippen LogP contribution in [0.4, 0.5) is 0 Å². The standard InChI is InChI=1S/C15H28O5/c1-4-6-7-9-19-14(16)11-18-12-15(17)20-10-13(3)8-5-2/h13H,4-12H2,1-3H3. The Morgan fingerprint density at radius 3 is 2.20 bits per heavy atom. The maximum absolute atomic E-state index is 11.3. The third-order valence-corrected chi connectivity index (χ3v) is 2.76. The zero-order valence-corrected chi connectivity index (χ0v) is 13.0. The Kier molecular flexibility index (Phi) is 12.2. The highest BCUT2D eigenvalue weighted by Crippen LogP contribution is 2.05. The summed E-state index contributed by atoms with van der Waals surface area (Å²) in [6.07, 6.45) is 5.07. The molecule has 0 aromatic carbocycles. The first kappa shape index (κ1) is 18.9. The zero-order valence-electron chi connectivity index (χ0n) is 13.0. The van der Waals surface area contributed by atoms with E-state index < -0.39 is 11.9 Å². The number of unbranched alkanes of at least 4 members (excludes halogenated alkanes) is 2. The van der Waals surface area contributed by atoms with Crippen LogP contribution in [0.3, 0.4) is 0 Å². The molecule has 1 atom stereocenters. The van der Waals surface area contributed by atoms with Crippen LogP contribution in [0.5, 0.6) is 0 Å². The van der Waals surface area contributed by atoms with Crippen LogP contribution in [-0.4, -0.2) is 38.4 Å². The second-order valence-electron chi connectivity index (χ2n) is 5.00. The lowest BCUT2D eigenvalue weighted by Gasteiger charge is -2.10. The van der Waals surface area contributed by atoms with Gasteiger partial charge in [-0.05, 0) is 18.8 Å². The number of carbonyl (C=O) groups excluding carboxylic acids is 2. The Labute approximate surface area is 122 Å². The summed E-state index contributed by atoms with van der Waals surface area (Å²) in [6.45, 7) is 6.61. The molecule has 1 unspecified atom stereocenters. The summed E-state index contributed by atoms with van der Waals surface area (Å²) in [5, 5.41) is 0. The summed E-state index contributed by atoms with van der Waals surface area (Å²) in [4.78, 5) is 22.6. The molecule has 0 bridgehead atoms. The molecule has 0 aliphatic heterocycles. The summed E-state index contributed by atoms with van der Waals surface area (Å²) in [5.74, 6) is -0.521. The summed E-state index contributed by atoms with van der Waals surface area (Å²) < 4.78 is 14.9. The third-order valence-electron chi connectivity index (χ3n) is 2.76. The van der Waals surface area contributed by atoms with Crippen molar-refractivity contribution in [2.45, 2.75) is 52.9 Å². The first-order valence-corrected chi connectivity index (χ1v) is 7.49. The molecule has 0 amide bonds. The Hall–Kier alpha value is -1.10. The summed E-state index contributed by atoms with van der Waals surface area (Å²) in [6, 6.07) is 0. The lowest BCUT2D eigenvalue weighted by Crippen LogP contribution is -2.20. The molecular weight excluding hydrogens is 260 g/mol. The average molecular weight is 288 g/mol. The SMILES string of the molecule is CCCCCOC(=O)COCC(=O)OCC(C)CCC. The van der Waals surface area contributed by atoms with E-state index in [9.17, 15) is 9.59 Å². The predicted molar refractivity (Wildman–Crippen MR) is 76.3 cm³/mol. The molecule has 0 spiro atoms. The zero-order chi connectivity index (χ0) is 15.2. The van der Waals surface area contributed by atoms with E-state index in [1.807, 2.05) is 6.92 Å². The van der Waals surface area contributed by atoms with Crippen LogP contribution in [0.25, 0.3) is 0 Å². The third kappa shape index (κ3) is 12.0. The van der Waals surface area contributed by atoms with Gasteiger partial charge in [0, 0.05) is 0 Å². The minimum atomic E-state index is -0.438. The lowest BCUT2D eigenvalue weighted by molar-refractivity contribution is -0.156. The molecule has 5 nitrogen and oxygen atoms in total. The van der Waals surface area contributed by atoms with Crippen molar-refractivity contribution in [3.63, 3.8) is 0 Å². The molecule has 0 aromatic rings. The Bertz CT molecular complexity index is 265. The molecule has 0 rings (SSSR count). The molecule has 0 radical (unpaired) electrons. The van der Waals surface area contributed by atoms with Gasteiger partial charge in [-0.25, -0.2) is 9.59 Å².